The highest BCUT2D eigenvalue weighted by Crippen LogP contribution is 2.25. The summed E-state index contributed by atoms with van der Waals surface area (Å²) >= 11 is 0. The van der Waals surface area contributed by atoms with Gasteiger partial charge in [0.2, 0.25) is 0 Å². The van der Waals surface area contributed by atoms with Crippen molar-refractivity contribution in [3.05, 3.63) is 0 Å². The van der Waals surface area contributed by atoms with Crippen LogP contribution in [0.2, 0.25) is 0 Å². The minimum atomic E-state index is -0.140. The molecule has 0 aliphatic carbocycles. The van der Waals surface area contributed by atoms with Gasteiger partial charge in [0, 0.05) is 5.92 Å². The topological polar surface area (TPSA) is 36.9 Å². The van der Waals surface area contributed by atoms with Crippen LogP contribution >= 0.6 is 0 Å². The predicted octanol–water partition coefficient (Wildman–Crippen LogP) is 4.13. The molecule has 0 bridgehead atoms. The fraction of sp³-hybridized carbons (Fsp3) is 1.00. The number of hydrogen-bond acceptors (Lipinski definition) is 4. The molecule has 0 unspecified atom stereocenters. The zero-order chi connectivity index (χ0) is 15.6. The molecule has 2 saturated heterocycles. The maximum atomic E-state index is 5.91. The highest BCUT2D eigenvalue weighted by atomic mass is 16.7. The third-order valence-corrected chi connectivity index (χ3v) is 4.63. The van der Waals surface area contributed by atoms with E-state index >= 15 is 0 Å². The minimum absolute atomic E-state index is 0.0202. The van der Waals surface area contributed by atoms with Crippen LogP contribution in [0.3, 0.4) is 0 Å². The molecule has 0 aromatic rings. The molecule has 22 heavy (non-hydrogen) atoms. The van der Waals surface area contributed by atoms with E-state index in [0.29, 0.717) is 19.1 Å². The van der Waals surface area contributed by atoms with Crippen molar-refractivity contribution >= 4 is 0 Å². The van der Waals surface area contributed by atoms with Crippen LogP contribution < -0.4 is 0 Å². The van der Waals surface area contributed by atoms with Crippen molar-refractivity contribution < 1.29 is 18.9 Å². The third kappa shape index (κ3) is 6.15. The van der Waals surface area contributed by atoms with Crippen LogP contribution in [0.1, 0.15) is 65.2 Å². The van der Waals surface area contributed by atoms with Crippen molar-refractivity contribution in [1.82, 2.24) is 0 Å². The molecule has 2 heterocycles. The van der Waals surface area contributed by atoms with Crippen molar-refractivity contribution in [1.29, 1.82) is 0 Å². The van der Waals surface area contributed by atoms with Gasteiger partial charge in [0.1, 0.15) is 0 Å². The van der Waals surface area contributed by atoms with Gasteiger partial charge in [0.15, 0.2) is 12.6 Å². The van der Waals surface area contributed by atoms with Gasteiger partial charge in [-0.1, -0.05) is 46.0 Å². The Morgan fingerprint density at radius 1 is 0.682 bits per heavy atom. The summed E-state index contributed by atoms with van der Waals surface area (Å²) in [6.07, 6.45) is 9.60. The Bertz CT molecular complexity index is 240. The van der Waals surface area contributed by atoms with E-state index < -0.39 is 0 Å². The molecule has 2 fully saturated rings. The zero-order valence-electron chi connectivity index (χ0n) is 14.4. The first-order valence-electron chi connectivity index (χ1n) is 9.29. The normalized spacial score (nSPS) is 33.0. The van der Waals surface area contributed by atoms with E-state index in [0.717, 1.165) is 19.6 Å². The summed E-state index contributed by atoms with van der Waals surface area (Å²) in [7, 11) is 0. The van der Waals surface area contributed by atoms with Crippen LogP contribution in [0.4, 0.5) is 0 Å². The van der Waals surface area contributed by atoms with Crippen molar-refractivity contribution in [2.24, 2.45) is 11.8 Å². The van der Waals surface area contributed by atoms with Crippen LogP contribution in [-0.2, 0) is 18.9 Å². The molecule has 0 atom stereocenters. The van der Waals surface area contributed by atoms with Crippen LogP contribution in [0, 0.1) is 11.8 Å². The second kappa shape index (κ2) is 10.6. The SMILES string of the molecule is CCCCCC1COC(C2COC(CCCCC)OC2)OC1. The maximum Gasteiger partial charge on any atom is 0.164 e. The summed E-state index contributed by atoms with van der Waals surface area (Å²) in [6, 6.07) is 0. The first-order valence-corrected chi connectivity index (χ1v) is 9.29. The summed E-state index contributed by atoms with van der Waals surface area (Å²) in [5.41, 5.74) is 0. The van der Waals surface area contributed by atoms with Crippen LogP contribution in [0.15, 0.2) is 0 Å². The lowest BCUT2D eigenvalue weighted by atomic mass is 10.0. The van der Waals surface area contributed by atoms with Crippen LogP contribution in [0.5, 0.6) is 0 Å². The van der Waals surface area contributed by atoms with Gasteiger partial charge in [-0.05, 0) is 19.3 Å². The molecule has 0 amide bonds. The summed E-state index contributed by atoms with van der Waals surface area (Å²) in [5, 5.41) is 0. The minimum Gasteiger partial charge on any atom is -0.352 e. The maximum absolute atomic E-state index is 5.91. The highest BCUT2D eigenvalue weighted by molar-refractivity contribution is 4.72. The van der Waals surface area contributed by atoms with E-state index in [1.807, 2.05) is 0 Å². The molecule has 0 aromatic heterocycles. The molecule has 0 radical (unpaired) electrons. The Morgan fingerprint density at radius 2 is 1.27 bits per heavy atom. The van der Waals surface area contributed by atoms with Crippen LogP contribution in [-0.4, -0.2) is 39.0 Å². The number of hydrogen-bond donors (Lipinski definition) is 0. The molecule has 2 rings (SSSR count). The van der Waals surface area contributed by atoms with Gasteiger partial charge >= 0.3 is 0 Å². The third-order valence-electron chi connectivity index (χ3n) is 4.63. The summed E-state index contributed by atoms with van der Waals surface area (Å²) in [6.45, 7) is 7.49. The first-order chi connectivity index (χ1) is 10.8. The largest absolute Gasteiger partial charge is 0.352 e. The highest BCUT2D eigenvalue weighted by Gasteiger charge is 2.33. The van der Waals surface area contributed by atoms with Gasteiger partial charge in [0.05, 0.1) is 32.3 Å². The van der Waals surface area contributed by atoms with Crippen molar-refractivity contribution in [3.8, 4) is 0 Å². The number of unbranched alkanes of at least 4 members (excludes halogenated alkanes) is 4. The Balaban J connectivity index is 1.58. The van der Waals surface area contributed by atoms with Gasteiger partial charge in [-0.15, -0.1) is 0 Å². The Morgan fingerprint density at radius 3 is 1.86 bits per heavy atom. The Labute approximate surface area is 135 Å². The van der Waals surface area contributed by atoms with Gasteiger partial charge < -0.3 is 18.9 Å². The molecule has 130 valence electrons. The average Bonchev–Trinajstić information content (AvgIpc) is 2.57. The molecule has 0 spiro atoms. The Hall–Kier alpha value is -0.160. The number of ether oxygens (including phenoxy) is 4. The van der Waals surface area contributed by atoms with E-state index in [2.05, 4.69) is 13.8 Å². The molecule has 4 heteroatoms. The molecule has 0 aromatic carbocycles. The molecule has 0 N–H and O–H groups in total. The summed E-state index contributed by atoms with van der Waals surface area (Å²) < 4.78 is 23.5. The molecular formula is C18H34O4. The molecule has 0 saturated carbocycles. The Kier molecular flexibility index (Phi) is 8.75. The first kappa shape index (κ1) is 18.2. The van der Waals surface area contributed by atoms with E-state index in [4.69, 9.17) is 18.9 Å². The lowest BCUT2D eigenvalue weighted by Gasteiger charge is -2.37. The molecule has 2 aliphatic rings. The number of rotatable bonds is 9. The molecule has 4 nitrogen and oxygen atoms in total. The van der Waals surface area contributed by atoms with Crippen LogP contribution in [0.25, 0.3) is 0 Å². The zero-order valence-corrected chi connectivity index (χ0v) is 14.4. The summed E-state index contributed by atoms with van der Waals surface area (Å²) in [4.78, 5) is 0. The molecule has 2 aliphatic heterocycles. The fourth-order valence-electron chi connectivity index (χ4n) is 3.12. The van der Waals surface area contributed by atoms with Crippen molar-refractivity contribution in [3.63, 3.8) is 0 Å². The van der Waals surface area contributed by atoms with Gasteiger partial charge in [0.25, 0.3) is 0 Å². The second-order valence-corrected chi connectivity index (χ2v) is 6.75. The quantitative estimate of drug-likeness (QED) is 0.600. The smallest absolute Gasteiger partial charge is 0.164 e. The van der Waals surface area contributed by atoms with Gasteiger partial charge in [-0.3, -0.25) is 0 Å². The predicted molar refractivity (Wildman–Crippen MR) is 86.6 cm³/mol. The van der Waals surface area contributed by atoms with Crippen molar-refractivity contribution in [2.75, 3.05) is 26.4 Å². The molecular weight excluding hydrogens is 280 g/mol. The van der Waals surface area contributed by atoms with E-state index in [9.17, 15) is 0 Å². The van der Waals surface area contributed by atoms with Gasteiger partial charge in [-0.2, -0.15) is 0 Å². The lowest BCUT2D eigenvalue weighted by molar-refractivity contribution is -0.281. The standard InChI is InChI=1S/C18H34O4/c1-3-5-7-9-15-11-21-18(22-12-15)16-13-19-17(20-14-16)10-8-6-4-2/h15-18H,3-14H2,1-2H3. The summed E-state index contributed by atoms with van der Waals surface area (Å²) in [5.74, 6) is 0.786. The van der Waals surface area contributed by atoms with Gasteiger partial charge in [-0.25, -0.2) is 0 Å². The van der Waals surface area contributed by atoms with Crippen molar-refractivity contribution in [2.45, 2.75) is 77.8 Å². The lowest BCUT2D eigenvalue weighted by Crippen LogP contribution is -2.44. The second-order valence-electron chi connectivity index (χ2n) is 6.75. The monoisotopic (exact) mass is 314 g/mol. The average molecular weight is 314 g/mol. The van der Waals surface area contributed by atoms with E-state index in [1.54, 1.807) is 0 Å². The van der Waals surface area contributed by atoms with E-state index in [1.165, 1.54) is 44.9 Å². The fourth-order valence-corrected chi connectivity index (χ4v) is 3.12. The van der Waals surface area contributed by atoms with E-state index in [-0.39, 0.29) is 18.5 Å².